The number of hydrogen-bond donors (Lipinski definition) is 1. The molecule has 0 bridgehead atoms. The Morgan fingerprint density at radius 3 is 2.80 bits per heavy atom. The number of alkyl carbamates (subject to hydrolysis) is 1. The van der Waals surface area contributed by atoms with Crippen molar-refractivity contribution in [3.8, 4) is 5.75 Å². The summed E-state index contributed by atoms with van der Waals surface area (Å²) in [5.74, 6) is 0.666. The first kappa shape index (κ1) is 19.1. The van der Waals surface area contributed by atoms with Crippen LogP contribution in [0.25, 0.3) is 0 Å². The maximum Gasteiger partial charge on any atom is 0.413 e. The fourth-order valence-corrected chi connectivity index (χ4v) is 2.67. The van der Waals surface area contributed by atoms with Gasteiger partial charge in [-0.05, 0) is 19.1 Å². The van der Waals surface area contributed by atoms with Crippen molar-refractivity contribution in [1.29, 1.82) is 0 Å². The van der Waals surface area contributed by atoms with Gasteiger partial charge in [-0.15, -0.1) is 10.2 Å². The Bertz CT molecular complexity index is 753. The molecular weight excluding hydrogens is 368 g/mol. The van der Waals surface area contributed by atoms with Gasteiger partial charge in [0.1, 0.15) is 12.4 Å². The van der Waals surface area contributed by atoms with E-state index >= 15 is 0 Å². The first-order valence-corrected chi connectivity index (χ1v) is 8.72. The van der Waals surface area contributed by atoms with Crippen molar-refractivity contribution in [2.45, 2.75) is 18.7 Å². The Morgan fingerprint density at radius 1 is 1.32 bits per heavy atom. The zero-order valence-corrected chi connectivity index (χ0v) is 15.3. The number of aromatic nitrogens is 3. The second-order valence-electron chi connectivity index (χ2n) is 4.73. The molecule has 1 aromatic carbocycles. The number of rotatable bonds is 7. The van der Waals surface area contributed by atoms with Gasteiger partial charge in [0, 0.05) is 7.05 Å². The Labute approximate surface area is 153 Å². The number of carbonyl (C=O) groups excluding carboxylic acids is 2. The van der Waals surface area contributed by atoms with E-state index in [0.29, 0.717) is 21.8 Å². The molecule has 2 amide bonds. The second-order valence-corrected chi connectivity index (χ2v) is 6.08. The average Bonchev–Trinajstić information content (AvgIpc) is 2.92. The Morgan fingerprint density at radius 2 is 2.08 bits per heavy atom. The van der Waals surface area contributed by atoms with E-state index in [9.17, 15) is 9.59 Å². The summed E-state index contributed by atoms with van der Waals surface area (Å²) in [5.41, 5.74) is 0. The van der Waals surface area contributed by atoms with E-state index < -0.39 is 12.0 Å². The first-order valence-electron chi connectivity index (χ1n) is 7.36. The third-order valence-corrected chi connectivity index (χ3v) is 4.30. The standard InChI is InChI=1S/C15H17ClN4O4S/c1-3-23-15(22)17-13(21)9-25-14-19-18-12(20(14)2)8-24-11-7-5-4-6-10(11)16/h4-7H,3,8-9H2,1-2H3,(H,17,21,22). The molecule has 1 heterocycles. The summed E-state index contributed by atoms with van der Waals surface area (Å²) in [5, 5.41) is 11.2. The van der Waals surface area contributed by atoms with E-state index in [1.807, 2.05) is 12.1 Å². The lowest BCUT2D eigenvalue weighted by Crippen LogP contribution is -2.32. The zero-order valence-electron chi connectivity index (χ0n) is 13.7. The number of benzene rings is 1. The van der Waals surface area contributed by atoms with Gasteiger partial charge in [0.25, 0.3) is 0 Å². The largest absolute Gasteiger partial charge is 0.484 e. The molecule has 2 aromatic rings. The second kappa shape index (κ2) is 9.28. The van der Waals surface area contributed by atoms with Crippen LogP contribution >= 0.6 is 23.4 Å². The number of thioether (sulfide) groups is 1. The predicted molar refractivity (Wildman–Crippen MR) is 92.7 cm³/mol. The average molecular weight is 385 g/mol. The van der Waals surface area contributed by atoms with Crippen LogP contribution in [-0.4, -0.2) is 39.1 Å². The molecule has 0 spiro atoms. The lowest BCUT2D eigenvalue weighted by molar-refractivity contribution is -0.117. The minimum atomic E-state index is -0.764. The van der Waals surface area contributed by atoms with Crippen LogP contribution in [0.5, 0.6) is 5.75 Å². The van der Waals surface area contributed by atoms with Gasteiger partial charge >= 0.3 is 6.09 Å². The summed E-state index contributed by atoms with van der Waals surface area (Å²) in [4.78, 5) is 22.8. The molecule has 8 nitrogen and oxygen atoms in total. The molecular formula is C15H17ClN4O4S. The molecule has 2 rings (SSSR count). The van der Waals surface area contributed by atoms with Gasteiger partial charge in [0.2, 0.25) is 5.91 Å². The molecule has 25 heavy (non-hydrogen) atoms. The van der Waals surface area contributed by atoms with E-state index in [2.05, 4.69) is 20.3 Å². The van der Waals surface area contributed by atoms with Crippen molar-refractivity contribution in [2.24, 2.45) is 7.05 Å². The Kier molecular flexibility index (Phi) is 7.08. The van der Waals surface area contributed by atoms with Gasteiger partial charge in [0.05, 0.1) is 17.4 Å². The van der Waals surface area contributed by atoms with Crippen LogP contribution < -0.4 is 10.1 Å². The maximum absolute atomic E-state index is 11.6. The van der Waals surface area contributed by atoms with Crippen molar-refractivity contribution in [3.05, 3.63) is 35.1 Å². The smallest absolute Gasteiger partial charge is 0.413 e. The topological polar surface area (TPSA) is 95.3 Å². The number of ether oxygens (including phenoxy) is 2. The predicted octanol–water partition coefficient (Wildman–Crippen LogP) is 2.41. The van der Waals surface area contributed by atoms with Crippen molar-refractivity contribution in [2.75, 3.05) is 12.4 Å². The number of para-hydroxylation sites is 1. The van der Waals surface area contributed by atoms with Crippen LogP contribution in [0.1, 0.15) is 12.7 Å². The molecule has 1 aromatic heterocycles. The van der Waals surface area contributed by atoms with Crippen LogP contribution in [0.3, 0.4) is 0 Å². The Balaban J connectivity index is 1.87. The third kappa shape index (κ3) is 5.64. The number of nitrogens with zero attached hydrogens (tertiary/aromatic N) is 3. The maximum atomic E-state index is 11.6. The van der Waals surface area contributed by atoms with Crippen molar-refractivity contribution < 1.29 is 19.1 Å². The number of imide groups is 1. The van der Waals surface area contributed by atoms with E-state index in [4.69, 9.17) is 16.3 Å². The molecule has 0 radical (unpaired) electrons. The number of halogens is 1. The molecule has 1 N–H and O–H groups in total. The van der Waals surface area contributed by atoms with Crippen molar-refractivity contribution >= 4 is 35.4 Å². The monoisotopic (exact) mass is 384 g/mol. The molecule has 0 saturated heterocycles. The van der Waals surface area contributed by atoms with Gasteiger partial charge < -0.3 is 14.0 Å². The highest BCUT2D eigenvalue weighted by Crippen LogP contribution is 2.24. The Hall–Kier alpha value is -2.26. The number of nitrogens with one attached hydrogen (secondary N) is 1. The molecule has 0 aliphatic rings. The van der Waals surface area contributed by atoms with Crippen LogP contribution in [0, 0.1) is 0 Å². The molecule has 0 saturated carbocycles. The lowest BCUT2D eigenvalue weighted by atomic mass is 10.3. The van der Waals surface area contributed by atoms with Gasteiger partial charge in [-0.2, -0.15) is 0 Å². The lowest BCUT2D eigenvalue weighted by Gasteiger charge is -2.07. The quantitative estimate of drug-likeness (QED) is 0.732. The highest BCUT2D eigenvalue weighted by molar-refractivity contribution is 7.99. The number of carbonyl (C=O) groups is 2. The van der Waals surface area contributed by atoms with Crippen molar-refractivity contribution in [1.82, 2.24) is 20.1 Å². The fraction of sp³-hybridized carbons (Fsp3) is 0.333. The summed E-state index contributed by atoms with van der Waals surface area (Å²) >= 11 is 7.18. The minimum Gasteiger partial charge on any atom is -0.484 e. The van der Waals surface area contributed by atoms with Crippen LogP contribution in [0.2, 0.25) is 5.02 Å². The normalized spacial score (nSPS) is 10.4. The molecule has 0 fully saturated rings. The molecule has 0 unspecified atom stereocenters. The first-order chi connectivity index (χ1) is 12.0. The summed E-state index contributed by atoms with van der Waals surface area (Å²) in [7, 11) is 1.76. The zero-order chi connectivity index (χ0) is 18.2. The van der Waals surface area contributed by atoms with Crippen LogP contribution in [0.4, 0.5) is 4.79 Å². The molecule has 0 atom stereocenters. The van der Waals surface area contributed by atoms with Gasteiger partial charge in [-0.25, -0.2) is 4.79 Å². The van der Waals surface area contributed by atoms with E-state index in [1.165, 1.54) is 0 Å². The summed E-state index contributed by atoms with van der Waals surface area (Å²) in [6.07, 6.45) is -0.764. The van der Waals surface area contributed by atoms with Crippen LogP contribution in [0.15, 0.2) is 29.4 Å². The van der Waals surface area contributed by atoms with E-state index in [1.54, 1.807) is 30.7 Å². The van der Waals surface area contributed by atoms with Gasteiger partial charge in [-0.3, -0.25) is 10.1 Å². The number of amides is 2. The van der Waals surface area contributed by atoms with Crippen LogP contribution in [-0.2, 0) is 23.2 Å². The summed E-state index contributed by atoms with van der Waals surface area (Å²) in [6, 6.07) is 7.13. The van der Waals surface area contributed by atoms with E-state index in [0.717, 1.165) is 11.8 Å². The minimum absolute atomic E-state index is 0.0101. The SMILES string of the molecule is CCOC(=O)NC(=O)CSc1nnc(COc2ccccc2Cl)n1C. The fourth-order valence-electron chi connectivity index (χ4n) is 1.75. The van der Waals surface area contributed by atoms with Crippen molar-refractivity contribution in [3.63, 3.8) is 0 Å². The van der Waals surface area contributed by atoms with Gasteiger partial charge in [-0.1, -0.05) is 35.5 Å². The molecule has 134 valence electrons. The molecule has 0 aliphatic carbocycles. The van der Waals surface area contributed by atoms with Gasteiger partial charge in [0.15, 0.2) is 11.0 Å². The highest BCUT2D eigenvalue weighted by atomic mass is 35.5. The summed E-state index contributed by atoms with van der Waals surface area (Å²) < 4.78 is 12.0. The summed E-state index contributed by atoms with van der Waals surface area (Å²) in [6.45, 7) is 2.04. The molecule has 0 aliphatic heterocycles. The van der Waals surface area contributed by atoms with E-state index in [-0.39, 0.29) is 19.0 Å². The molecule has 10 heteroatoms. The number of hydrogen-bond acceptors (Lipinski definition) is 7. The highest BCUT2D eigenvalue weighted by Gasteiger charge is 2.14. The third-order valence-electron chi connectivity index (χ3n) is 2.97.